The van der Waals surface area contributed by atoms with Crippen molar-refractivity contribution >= 4 is 12.1 Å². The largest absolute Gasteiger partial charge is 0.461 e. The number of ether oxygens (including phenoxy) is 2. The van der Waals surface area contributed by atoms with Crippen LogP contribution in [0.1, 0.15) is 45.1 Å². The molecule has 1 N–H and O–H groups in total. The van der Waals surface area contributed by atoms with Gasteiger partial charge in [-0.3, -0.25) is 0 Å². The Kier molecular flexibility index (Phi) is 5.81. The minimum atomic E-state index is -0.534. The third-order valence-corrected chi connectivity index (χ3v) is 2.55. The van der Waals surface area contributed by atoms with Crippen molar-refractivity contribution in [3.63, 3.8) is 0 Å². The fourth-order valence-electron chi connectivity index (χ4n) is 1.81. The molecule has 1 amide bonds. The maximum Gasteiger partial charge on any atom is 0.407 e. The van der Waals surface area contributed by atoms with E-state index in [9.17, 15) is 9.59 Å². The van der Waals surface area contributed by atoms with Gasteiger partial charge in [0.1, 0.15) is 11.3 Å². The van der Waals surface area contributed by atoms with Gasteiger partial charge in [-0.15, -0.1) is 0 Å². The van der Waals surface area contributed by atoms with Crippen LogP contribution in [0.15, 0.2) is 18.3 Å². The van der Waals surface area contributed by atoms with Gasteiger partial charge < -0.3 is 19.4 Å². The summed E-state index contributed by atoms with van der Waals surface area (Å²) in [4.78, 5) is 23.4. The highest BCUT2D eigenvalue weighted by atomic mass is 16.6. The minimum Gasteiger partial charge on any atom is -0.461 e. The van der Waals surface area contributed by atoms with Crippen LogP contribution in [0.3, 0.4) is 0 Å². The van der Waals surface area contributed by atoms with E-state index in [0.29, 0.717) is 18.8 Å². The molecular formula is C15H24N2O4. The van der Waals surface area contributed by atoms with Gasteiger partial charge in [0.25, 0.3) is 0 Å². The van der Waals surface area contributed by atoms with Crippen LogP contribution in [-0.4, -0.2) is 34.9 Å². The standard InChI is InChI=1S/C15H24N2O4/c1-6-20-13(18)12-8-7-9-17(12)10-11(2)16-14(19)21-15(3,4)5/h7-9,11H,6,10H2,1-5H3,(H,16,19). The first-order valence-corrected chi connectivity index (χ1v) is 7.04. The summed E-state index contributed by atoms with van der Waals surface area (Å²) >= 11 is 0. The van der Waals surface area contributed by atoms with Gasteiger partial charge in [0.15, 0.2) is 0 Å². The predicted octanol–water partition coefficient (Wildman–Crippen LogP) is 2.58. The molecule has 0 spiro atoms. The first-order chi connectivity index (χ1) is 9.73. The number of nitrogens with one attached hydrogen (secondary N) is 1. The molecule has 0 aromatic carbocycles. The van der Waals surface area contributed by atoms with E-state index in [1.165, 1.54) is 0 Å². The van der Waals surface area contributed by atoms with Gasteiger partial charge >= 0.3 is 12.1 Å². The van der Waals surface area contributed by atoms with Crippen molar-refractivity contribution in [3.8, 4) is 0 Å². The lowest BCUT2D eigenvalue weighted by molar-refractivity contribution is 0.0503. The van der Waals surface area contributed by atoms with Crippen molar-refractivity contribution in [1.82, 2.24) is 9.88 Å². The van der Waals surface area contributed by atoms with Crippen LogP contribution in [-0.2, 0) is 16.0 Å². The third kappa shape index (κ3) is 5.89. The molecule has 1 aromatic heterocycles. The van der Waals surface area contributed by atoms with E-state index in [1.54, 1.807) is 29.8 Å². The molecule has 0 fully saturated rings. The van der Waals surface area contributed by atoms with Gasteiger partial charge in [0.2, 0.25) is 0 Å². The number of aromatic nitrogens is 1. The normalized spacial score (nSPS) is 12.6. The van der Waals surface area contributed by atoms with Gasteiger partial charge in [-0.1, -0.05) is 0 Å². The topological polar surface area (TPSA) is 69.6 Å². The molecule has 0 radical (unpaired) electrons. The van der Waals surface area contributed by atoms with Crippen LogP contribution in [0, 0.1) is 0 Å². The number of hydrogen-bond acceptors (Lipinski definition) is 4. The van der Waals surface area contributed by atoms with Crippen molar-refractivity contribution in [2.45, 2.75) is 52.8 Å². The lowest BCUT2D eigenvalue weighted by Gasteiger charge is -2.22. The summed E-state index contributed by atoms with van der Waals surface area (Å²) in [6.07, 6.45) is 1.30. The van der Waals surface area contributed by atoms with Crippen molar-refractivity contribution in [2.24, 2.45) is 0 Å². The first kappa shape index (κ1) is 17.1. The highest BCUT2D eigenvalue weighted by Gasteiger charge is 2.19. The van der Waals surface area contributed by atoms with Gasteiger partial charge in [0, 0.05) is 18.8 Å². The Bertz CT molecular complexity index is 488. The van der Waals surface area contributed by atoms with Crippen LogP contribution in [0.2, 0.25) is 0 Å². The van der Waals surface area contributed by atoms with Crippen LogP contribution in [0.4, 0.5) is 4.79 Å². The molecule has 1 heterocycles. The maximum absolute atomic E-state index is 11.8. The quantitative estimate of drug-likeness (QED) is 0.848. The smallest absolute Gasteiger partial charge is 0.407 e. The number of carbonyl (C=O) groups is 2. The van der Waals surface area contributed by atoms with E-state index >= 15 is 0 Å². The Labute approximate surface area is 125 Å². The summed E-state index contributed by atoms with van der Waals surface area (Å²) in [6.45, 7) is 9.82. The maximum atomic E-state index is 11.8. The Morgan fingerprint density at radius 1 is 1.38 bits per heavy atom. The Morgan fingerprint density at radius 2 is 2.05 bits per heavy atom. The molecule has 21 heavy (non-hydrogen) atoms. The summed E-state index contributed by atoms with van der Waals surface area (Å²) in [7, 11) is 0. The van der Waals surface area contributed by atoms with Crippen LogP contribution < -0.4 is 5.32 Å². The summed E-state index contributed by atoms with van der Waals surface area (Å²) < 4.78 is 11.9. The molecule has 0 saturated heterocycles. The van der Waals surface area contributed by atoms with Gasteiger partial charge in [-0.25, -0.2) is 9.59 Å². The Balaban J connectivity index is 2.59. The molecule has 1 aromatic rings. The summed E-state index contributed by atoms with van der Waals surface area (Å²) in [5.41, 5.74) is -0.0671. The number of nitrogens with zero attached hydrogens (tertiary/aromatic N) is 1. The molecule has 0 aliphatic heterocycles. The second kappa shape index (κ2) is 7.15. The van der Waals surface area contributed by atoms with Crippen molar-refractivity contribution in [1.29, 1.82) is 0 Å². The van der Waals surface area contributed by atoms with Crippen molar-refractivity contribution in [3.05, 3.63) is 24.0 Å². The molecule has 6 nitrogen and oxygen atoms in total. The average molecular weight is 296 g/mol. The highest BCUT2D eigenvalue weighted by Crippen LogP contribution is 2.08. The Hall–Kier alpha value is -1.98. The first-order valence-electron chi connectivity index (χ1n) is 7.04. The van der Waals surface area contributed by atoms with Crippen LogP contribution >= 0.6 is 0 Å². The summed E-state index contributed by atoms with van der Waals surface area (Å²) in [6, 6.07) is 3.28. The van der Waals surface area contributed by atoms with Crippen molar-refractivity contribution < 1.29 is 19.1 Å². The number of rotatable bonds is 5. The third-order valence-electron chi connectivity index (χ3n) is 2.55. The molecular weight excluding hydrogens is 272 g/mol. The molecule has 1 rings (SSSR count). The van der Waals surface area contributed by atoms with Crippen LogP contribution in [0.25, 0.3) is 0 Å². The molecule has 118 valence electrons. The second-order valence-corrected chi connectivity index (χ2v) is 5.81. The highest BCUT2D eigenvalue weighted by molar-refractivity contribution is 5.87. The van der Waals surface area contributed by atoms with Crippen LogP contribution in [0.5, 0.6) is 0 Å². The molecule has 1 atom stereocenters. The van der Waals surface area contributed by atoms with E-state index in [0.717, 1.165) is 0 Å². The summed E-state index contributed by atoms with van der Waals surface area (Å²) in [5, 5.41) is 2.74. The average Bonchev–Trinajstić information content (AvgIpc) is 2.74. The number of hydrogen-bond donors (Lipinski definition) is 1. The van der Waals surface area contributed by atoms with Gasteiger partial charge in [-0.05, 0) is 46.8 Å². The minimum absolute atomic E-state index is 0.180. The fraction of sp³-hybridized carbons (Fsp3) is 0.600. The number of alkyl carbamates (subject to hydrolysis) is 1. The molecule has 0 saturated carbocycles. The fourth-order valence-corrected chi connectivity index (χ4v) is 1.81. The van der Waals surface area contributed by atoms with E-state index in [4.69, 9.17) is 9.47 Å². The SMILES string of the molecule is CCOC(=O)c1cccn1CC(C)NC(=O)OC(C)(C)C. The zero-order valence-corrected chi connectivity index (χ0v) is 13.3. The lowest BCUT2D eigenvalue weighted by Crippen LogP contribution is -2.39. The van der Waals surface area contributed by atoms with Gasteiger partial charge in [0.05, 0.1) is 6.61 Å². The van der Waals surface area contributed by atoms with E-state index < -0.39 is 11.7 Å². The predicted molar refractivity (Wildman–Crippen MR) is 79.2 cm³/mol. The van der Waals surface area contributed by atoms with E-state index in [-0.39, 0.29) is 12.0 Å². The zero-order valence-electron chi connectivity index (χ0n) is 13.3. The lowest BCUT2D eigenvalue weighted by atomic mass is 10.2. The molecule has 0 bridgehead atoms. The second-order valence-electron chi connectivity index (χ2n) is 5.81. The van der Waals surface area contributed by atoms with Gasteiger partial charge in [-0.2, -0.15) is 0 Å². The molecule has 6 heteroatoms. The molecule has 0 aliphatic rings. The monoisotopic (exact) mass is 296 g/mol. The van der Waals surface area contributed by atoms with Crippen molar-refractivity contribution in [2.75, 3.05) is 6.61 Å². The number of amides is 1. The molecule has 1 unspecified atom stereocenters. The molecule has 0 aliphatic carbocycles. The summed E-state index contributed by atoms with van der Waals surface area (Å²) in [5.74, 6) is -0.369. The zero-order chi connectivity index (χ0) is 16.0. The number of esters is 1. The number of carbonyl (C=O) groups excluding carboxylic acids is 2. The van der Waals surface area contributed by atoms with E-state index in [2.05, 4.69) is 5.32 Å². The van der Waals surface area contributed by atoms with E-state index in [1.807, 2.05) is 27.7 Å². The Morgan fingerprint density at radius 3 is 2.62 bits per heavy atom.